The molecule has 0 bridgehead atoms. The van der Waals surface area contributed by atoms with Crippen LogP contribution in [0, 0.1) is 6.92 Å². The smallest absolute Gasteiger partial charge is 0.406 e. The van der Waals surface area contributed by atoms with Crippen LogP contribution in [0.1, 0.15) is 28.2 Å². The van der Waals surface area contributed by atoms with E-state index < -0.39 is 6.36 Å². The summed E-state index contributed by atoms with van der Waals surface area (Å²) in [7, 11) is 0. The number of alkyl halides is 3. The molecule has 0 atom stereocenters. The summed E-state index contributed by atoms with van der Waals surface area (Å²) in [5.41, 5.74) is 1.25. The number of aryl methyl sites for hydroxylation is 1. The fourth-order valence-electron chi connectivity index (χ4n) is 2.01. The number of hydrogen-bond acceptors (Lipinski definition) is 4. The number of thiazole rings is 1. The SMILES string of the molecule is Cc1nc(-c2ccc(OC(F)(F)F)cc2)sc1C(=O)NC1CC1. The van der Waals surface area contributed by atoms with Gasteiger partial charge in [-0.2, -0.15) is 0 Å². The van der Waals surface area contributed by atoms with Gasteiger partial charge in [0.25, 0.3) is 5.91 Å². The molecule has 1 aliphatic carbocycles. The minimum atomic E-state index is -4.71. The zero-order valence-electron chi connectivity index (χ0n) is 12.1. The van der Waals surface area contributed by atoms with Crippen molar-refractivity contribution < 1.29 is 22.7 Å². The fraction of sp³-hybridized carbons (Fsp3) is 0.333. The molecule has 1 saturated carbocycles. The fourth-order valence-corrected chi connectivity index (χ4v) is 2.98. The van der Waals surface area contributed by atoms with Crippen LogP contribution in [0.15, 0.2) is 24.3 Å². The highest BCUT2D eigenvalue weighted by molar-refractivity contribution is 7.17. The number of nitrogens with one attached hydrogen (secondary N) is 1. The molecule has 1 N–H and O–H groups in total. The van der Waals surface area contributed by atoms with E-state index in [1.807, 2.05) is 0 Å². The van der Waals surface area contributed by atoms with E-state index in [1.54, 1.807) is 6.92 Å². The number of carbonyl (C=O) groups is 1. The van der Waals surface area contributed by atoms with Crippen molar-refractivity contribution in [2.45, 2.75) is 32.2 Å². The topological polar surface area (TPSA) is 51.2 Å². The van der Waals surface area contributed by atoms with Crippen LogP contribution in [-0.2, 0) is 0 Å². The van der Waals surface area contributed by atoms with E-state index in [9.17, 15) is 18.0 Å². The maximum absolute atomic E-state index is 12.1. The minimum absolute atomic E-state index is 0.147. The molecule has 1 aromatic carbocycles. The van der Waals surface area contributed by atoms with Crippen LogP contribution >= 0.6 is 11.3 Å². The first-order chi connectivity index (χ1) is 10.8. The predicted molar refractivity (Wildman–Crippen MR) is 79.5 cm³/mol. The van der Waals surface area contributed by atoms with E-state index in [4.69, 9.17) is 0 Å². The Morgan fingerprint density at radius 3 is 2.52 bits per heavy atom. The molecule has 4 nitrogen and oxygen atoms in total. The number of hydrogen-bond donors (Lipinski definition) is 1. The Labute approximate surface area is 134 Å². The number of aromatic nitrogens is 1. The molecule has 0 aliphatic heterocycles. The van der Waals surface area contributed by atoms with Crippen molar-refractivity contribution in [3.05, 3.63) is 34.8 Å². The highest BCUT2D eigenvalue weighted by Crippen LogP contribution is 2.31. The second-order valence-corrected chi connectivity index (χ2v) is 6.25. The van der Waals surface area contributed by atoms with Crippen LogP contribution in [0.3, 0.4) is 0 Å². The van der Waals surface area contributed by atoms with Gasteiger partial charge in [-0.05, 0) is 44.0 Å². The van der Waals surface area contributed by atoms with Crippen molar-refractivity contribution in [2.75, 3.05) is 0 Å². The van der Waals surface area contributed by atoms with Gasteiger partial charge in [0.15, 0.2) is 0 Å². The summed E-state index contributed by atoms with van der Waals surface area (Å²) in [4.78, 5) is 16.9. The van der Waals surface area contributed by atoms with E-state index in [0.717, 1.165) is 12.8 Å². The van der Waals surface area contributed by atoms with Crippen LogP contribution in [0.5, 0.6) is 5.75 Å². The van der Waals surface area contributed by atoms with Gasteiger partial charge in [-0.3, -0.25) is 4.79 Å². The summed E-state index contributed by atoms with van der Waals surface area (Å²) in [5.74, 6) is -0.438. The van der Waals surface area contributed by atoms with Crippen LogP contribution in [0.25, 0.3) is 10.6 Å². The van der Waals surface area contributed by atoms with Crippen molar-refractivity contribution in [1.29, 1.82) is 0 Å². The molecule has 0 unspecified atom stereocenters. The number of amides is 1. The zero-order valence-corrected chi connectivity index (χ0v) is 12.9. The van der Waals surface area contributed by atoms with Crippen LogP contribution < -0.4 is 10.1 Å². The maximum atomic E-state index is 12.1. The number of rotatable bonds is 4. The van der Waals surface area contributed by atoms with Gasteiger partial charge in [0, 0.05) is 11.6 Å². The molecular formula is C15H13F3N2O2S. The minimum Gasteiger partial charge on any atom is -0.406 e. The monoisotopic (exact) mass is 342 g/mol. The Kier molecular flexibility index (Phi) is 4.01. The third-order valence-electron chi connectivity index (χ3n) is 3.25. The molecule has 0 saturated heterocycles. The van der Waals surface area contributed by atoms with Crippen molar-refractivity contribution in [1.82, 2.24) is 10.3 Å². The second kappa shape index (κ2) is 5.84. The lowest BCUT2D eigenvalue weighted by Gasteiger charge is -2.08. The van der Waals surface area contributed by atoms with Crippen LogP contribution in [-0.4, -0.2) is 23.3 Å². The van der Waals surface area contributed by atoms with Gasteiger partial charge in [0.05, 0.1) is 5.69 Å². The predicted octanol–water partition coefficient (Wildman–Crippen LogP) is 3.91. The molecule has 3 rings (SSSR count). The second-order valence-electron chi connectivity index (χ2n) is 5.25. The first kappa shape index (κ1) is 15.8. The number of halogens is 3. The first-order valence-electron chi connectivity index (χ1n) is 6.96. The van der Waals surface area contributed by atoms with Crippen LogP contribution in [0.2, 0.25) is 0 Å². The highest BCUT2D eigenvalue weighted by atomic mass is 32.1. The molecule has 0 radical (unpaired) electrons. The van der Waals surface area contributed by atoms with Gasteiger partial charge in [-0.15, -0.1) is 24.5 Å². The Bertz CT molecular complexity index is 721. The summed E-state index contributed by atoms with van der Waals surface area (Å²) in [6.45, 7) is 1.74. The molecule has 1 aliphatic rings. The lowest BCUT2D eigenvalue weighted by atomic mass is 10.2. The normalized spacial score (nSPS) is 14.6. The van der Waals surface area contributed by atoms with E-state index in [2.05, 4.69) is 15.0 Å². The summed E-state index contributed by atoms with van der Waals surface area (Å²) >= 11 is 1.22. The summed E-state index contributed by atoms with van der Waals surface area (Å²) < 4.78 is 40.3. The van der Waals surface area contributed by atoms with Gasteiger partial charge < -0.3 is 10.1 Å². The molecule has 23 heavy (non-hydrogen) atoms. The quantitative estimate of drug-likeness (QED) is 0.916. The molecule has 1 fully saturated rings. The Morgan fingerprint density at radius 1 is 1.30 bits per heavy atom. The Morgan fingerprint density at radius 2 is 1.96 bits per heavy atom. The largest absolute Gasteiger partial charge is 0.573 e. The number of nitrogens with zero attached hydrogens (tertiary/aromatic N) is 1. The van der Waals surface area contributed by atoms with E-state index in [1.165, 1.54) is 35.6 Å². The zero-order chi connectivity index (χ0) is 16.6. The average Bonchev–Trinajstić information content (AvgIpc) is 3.18. The van der Waals surface area contributed by atoms with Crippen molar-refractivity contribution in [3.8, 4) is 16.3 Å². The van der Waals surface area contributed by atoms with Crippen molar-refractivity contribution in [2.24, 2.45) is 0 Å². The number of benzene rings is 1. The molecule has 1 aromatic heterocycles. The van der Waals surface area contributed by atoms with E-state index in [-0.39, 0.29) is 17.7 Å². The van der Waals surface area contributed by atoms with Gasteiger partial charge in [0.1, 0.15) is 15.6 Å². The maximum Gasteiger partial charge on any atom is 0.573 e. The van der Waals surface area contributed by atoms with Gasteiger partial charge >= 0.3 is 6.36 Å². The number of ether oxygens (including phenoxy) is 1. The molecule has 8 heteroatoms. The summed E-state index contributed by atoms with van der Waals surface area (Å²) in [6.07, 6.45) is -2.72. The molecule has 1 amide bonds. The standard InChI is InChI=1S/C15H13F3N2O2S/c1-8-12(13(21)20-10-4-5-10)23-14(19-8)9-2-6-11(7-3-9)22-15(16,17)18/h2-3,6-7,10H,4-5H2,1H3,(H,20,21). The third kappa shape index (κ3) is 4.01. The lowest BCUT2D eigenvalue weighted by Crippen LogP contribution is -2.25. The van der Waals surface area contributed by atoms with E-state index in [0.29, 0.717) is 21.1 Å². The molecule has 1 heterocycles. The molecule has 0 spiro atoms. The lowest BCUT2D eigenvalue weighted by molar-refractivity contribution is -0.274. The highest BCUT2D eigenvalue weighted by Gasteiger charge is 2.31. The van der Waals surface area contributed by atoms with Crippen molar-refractivity contribution >= 4 is 17.2 Å². The first-order valence-corrected chi connectivity index (χ1v) is 7.78. The number of carbonyl (C=O) groups excluding carboxylic acids is 1. The van der Waals surface area contributed by atoms with Gasteiger partial charge in [-0.1, -0.05) is 0 Å². The summed E-state index contributed by atoms with van der Waals surface area (Å²) in [5, 5.41) is 3.48. The molecular weight excluding hydrogens is 329 g/mol. The Hall–Kier alpha value is -2.09. The molecule has 2 aromatic rings. The van der Waals surface area contributed by atoms with Gasteiger partial charge in [-0.25, -0.2) is 4.98 Å². The molecule has 122 valence electrons. The summed E-state index contributed by atoms with van der Waals surface area (Å²) in [6, 6.07) is 5.68. The van der Waals surface area contributed by atoms with Gasteiger partial charge in [0.2, 0.25) is 0 Å². The average molecular weight is 342 g/mol. The van der Waals surface area contributed by atoms with Crippen LogP contribution in [0.4, 0.5) is 13.2 Å². The van der Waals surface area contributed by atoms with Crippen molar-refractivity contribution in [3.63, 3.8) is 0 Å². The Balaban J connectivity index is 1.77. The third-order valence-corrected chi connectivity index (χ3v) is 4.46. The van der Waals surface area contributed by atoms with E-state index >= 15 is 0 Å².